The maximum absolute atomic E-state index is 12.4. The number of carbonyl (C=O) groups is 1. The van der Waals surface area contributed by atoms with Gasteiger partial charge in [-0.05, 0) is 47.7 Å². The number of aryl methyl sites for hydroxylation is 1. The smallest absolute Gasteiger partial charge is 0.271 e. The first-order chi connectivity index (χ1) is 10.4. The molecule has 0 aliphatic rings. The molecular formula is C15H13IN2O4. The summed E-state index contributed by atoms with van der Waals surface area (Å²) in [5.41, 5.74) is 1.70. The molecule has 0 fully saturated rings. The van der Waals surface area contributed by atoms with Gasteiger partial charge in [-0.15, -0.1) is 0 Å². The zero-order valence-corrected chi connectivity index (χ0v) is 14.1. The Balaban J connectivity index is 2.34. The van der Waals surface area contributed by atoms with E-state index in [1.165, 1.54) is 25.3 Å². The van der Waals surface area contributed by atoms with Crippen molar-refractivity contribution in [1.29, 1.82) is 0 Å². The van der Waals surface area contributed by atoms with Gasteiger partial charge in [0, 0.05) is 15.7 Å². The summed E-state index contributed by atoms with van der Waals surface area (Å²) in [6.07, 6.45) is 0. The van der Waals surface area contributed by atoms with Crippen molar-refractivity contribution in [3.63, 3.8) is 0 Å². The number of nitro groups is 1. The average Bonchev–Trinajstić information content (AvgIpc) is 2.46. The Morgan fingerprint density at radius 1 is 1.27 bits per heavy atom. The molecule has 2 aromatic rings. The molecular weight excluding hydrogens is 399 g/mol. The molecule has 0 saturated heterocycles. The van der Waals surface area contributed by atoms with Gasteiger partial charge < -0.3 is 10.1 Å². The summed E-state index contributed by atoms with van der Waals surface area (Å²) in [6.45, 7) is 1.94. The molecule has 0 heterocycles. The van der Waals surface area contributed by atoms with Crippen molar-refractivity contribution in [3.05, 3.63) is 61.2 Å². The lowest BCUT2D eigenvalue weighted by Crippen LogP contribution is -2.14. The highest BCUT2D eigenvalue weighted by atomic mass is 127. The molecule has 7 heteroatoms. The number of non-ortho nitro benzene ring substituents is 1. The quantitative estimate of drug-likeness (QED) is 0.471. The predicted octanol–water partition coefficient (Wildman–Crippen LogP) is 3.77. The van der Waals surface area contributed by atoms with Crippen molar-refractivity contribution < 1.29 is 14.5 Å². The van der Waals surface area contributed by atoms with Gasteiger partial charge >= 0.3 is 0 Å². The van der Waals surface area contributed by atoms with Gasteiger partial charge in [-0.2, -0.15) is 0 Å². The lowest BCUT2D eigenvalue weighted by molar-refractivity contribution is -0.384. The van der Waals surface area contributed by atoms with Crippen LogP contribution < -0.4 is 10.1 Å². The third-order valence-electron chi connectivity index (χ3n) is 3.01. The molecule has 0 aromatic heterocycles. The van der Waals surface area contributed by atoms with Gasteiger partial charge in [0.1, 0.15) is 5.75 Å². The molecule has 0 unspecified atom stereocenters. The molecule has 0 spiro atoms. The summed E-state index contributed by atoms with van der Waals surface area (Å²) in [7, 11) is 1.44. The van der Waals surface area contributed by atoms with Gasteiger partial charge in [-0.1, -0.05) is 11.6 Å². The van der Waals surface area contributed by atoms with E-state index in [0.717, 1.165) is 9.13 Å². The topological polar surface area (TPSA) is 81.5 Å². The lowest BCUT2D eigenvalue weighted by Gasteiger charge is -2.11. The van der Waals surface area contributed by atoms with Crippen LogP contribution in [0.2, 0.25) is 0 Å². The average molecular weight is 412 g/mol. The summed E-state index contributed by atoms with van der Waals surface area (Å²) in [5, 5.41) is 13.5. The summed E-state index contributed by atoms with van der Waals surface area (Å²) in [4.78, 5) is 22.7. The first kappa shape index (κ1) is 16.2. The first-order valence-corrected chi connectivity index (χ1v) is 7.40. The van der Waals surface area contributed by atoms with Crippen LogP contribution in [0.4, 0.5) is 11.4 Å². The molecule has 22 heavy (non-hydrogen) atoms. The van der Waals surface area contributed by atoms with E-state index in [1.807, 2.05) is 19.1 Å². The number of halogens is 1. The van der Waals surface area contributed by atoms with Crippen LogP contribution in [0.25, 0.3) is 0 Å². The number of amides is 1. The Labute approximate surface area is 140 Å². The zero-order chi connectivity index (χ0) is 16.3. The summed E-state index contributed by atoms with van der Waals surface area (Å²) >= 11 is 2.08. The van der Waals surface area contributed by atoms with Gasteiger partial charge in [-0.3, -0.25) is 14.9 Å². The molecule has 0 aliphatic heterocycles. The van der Waals surface area contributed by atoms with Crippen LogP contribution in [-0.2, 0) is 0 Å². The molecule has 6 nitrogen and oxygen atoms in total. The lowest BCUT2D eigenvalue weighted by atomic mass is 10.1. The maximum Gasteiger partial charge on any atom is 0.271 e. The minimum absolute atomic E-state index is 0.116. The Kier molecular flexibility index (Phi) is 4.96. The van der Waals surface area contributed by atoms with Gasteiger partial charge in [0.25, 0.3) is 11.6 Å². The van der Waals surface area contributed by atoms with Crippen LogP contribution in [0.15, 0.2) is 36.4 Å². The first-order valence-electron chi connectivity index (χ1n) is 6.32. The third kappa shape index (κ3) is 3.53. The summed E-state index contributed by atoms with van der Waals surface area (Å²) in [5.74, 6) is 0.0178. The van der Waals surface area contributed by atoms with E-state index in [4.69, 9.17) is 4.74 Å². The third-order valence-corrected chi connectivity index (χ3v) is 3.90. The zero-order valence-electron chi connectivity index (χ0n) is 11.9. The van der Waals surface area contributed by atoms with Crippen molar-refractivity contribution >= 4 is 39.9 Å². The van der Waals surface area contributed by atoms with Crippen molar-refractivity contribution in [2.75, 3.05) is 12.4 Å². The Morgan fingerprint density at radius 2 is 2.00 bits per heavy atom. The number of carbonyl (C=O) groups excluding carboxylic acids is 1. The van der Waals surface area contributed by atoms with E-state index in [1.54, 1.807) is 6.07 Å². The highest BCUT2D eigenvalue weighted by Crippen LogP contribution is 2.29. The van der Waals surface area contributed by atoms with Crippen LogP contribution in [0.5, 0.6) is 5.75 Å². The monoisotopic (exact) mass is 412 g/mol. The summed E-state index contributed by atoms with van der Waals surface area (Å²) < 4.78 is 5.93. The van der Waals surface area contributed by atoms with Crippen LogP contribution in [0.1, 0.15) is 15.9 Å². The fraction of sp³-hybridized carbons (Fsp3) is 0.133. The fourth-order valence-electron chi connectivity index (χ4n) is 1.90. The van der Waals surface area contributed by atoms with E-state index >= 15 is 0 Å². The van der Waals surface area contributed by atoms with Crippen LogP contribution in [0, 0.1) is 20.6 Å². The fourth-order valence-corrected chi connectivity index (χ4v) is 2.82. The number of rotatable bonds is 4. The number of ether oxygens (including phenoxy) is 1. The van der Waals surface area contributed by atoms with Crippen molar-refractivity contribution in [2.24, 2.45) is 0 Å². The minimum atomic E-state index is -0.523. The van der Waals surface area contributed by atoms with Crippen molar-refractivity contribution in [2.45, 2.75) is 6.92 Å². The van der Waals surface area contributed by atoms with E-state index in [9.17, 15) is 14.9 Å². The highest BCUT2D eigenvalue weighted by Gasteiger charge is 2.16. The molecule has 0 bridgehead atoms. The summed E-state index contributed by atoms with van der Waals surface area (Å²) in [6, 6.07) is 9.49. The van der Waals surface area contributed by atoms with Crippen molar-refractivity contribution in [3.8, 4) is 5.75 Å². The molecule has 0 saturated carbocycles. The second-order valence-corrected chi connectivity index (χ2v) is 5.74. The van der Waals surface area contributed by atoms with Crippen LogP contribution in [-0.4, -0.2) is 17.9 Å². The second-order valence-electron chi connectivity index (χ2n) is 4.58. The van der Waals surface area contributed by atoms with Gasteiger partial charge in [-0.25, -0.2) is 0 Å². The van der Waals surface area contributed by atoms with Crippen LogP contribution in [0.3, 0.4) is 0 Å². The number of nitrogens with zero attached hydrogens (tertiary/aromatic N) is 1. The van der Waals surface area contributed by atoms with E-state index in [0.29, 0.717) is 11.3 Å². The van der Waals surface area contributed by atoms with E-state index in [2.05, 4.69) is 27.9 Å². The largest absolute Gasteiger partial charge is 0.495 e. The maximum atomic E-state index is 12.4. The number of hydrogen-bond donors (Lipinski definition) is 1. The molecule has 0 radical (unpaired) electrons. The van der Waals surface area contributed by atoms with E-state index in [-0.39, 0.29) is 17.3 Å². The number of hydrogen-bond acceptors (Lipinski definition) is 4. The molecule has 0 aliphatic carbocycles. The molecule has 0 atom stereocenters. The standard InChI is InChI=1S/C15H13IN2O4/c1-9-3-5-11(12(16)7-9)15(19)17-13-8-10(18(20)21)4-6-14(13)22-2/h3-8H,1-2H3,(H,17,19). The minimum Gasteiger partial charge on any atom is -0.495 e. The predicted molar refractivity (Wildman–Crippen MR) is 91.5 cm³/mol. The molecule has 114 valence electrons. The molecule has 1 N–H and O–H groups in total. The molecule has 2 aromatic carbocycles. The van der Waals surface area contributed by atoms with Crippen molar-refractivity contribution in [1.82, 2.24) is 0 Å². The highest BCUT2D eigenvalue weighted by molar-refractivity contribution is 14.1. The normalized spacial score (nSPS) is 10.1. The van der Waals surface area contributed by atoms with E-state index < -0.39 is 4.92 Å². The number of benzene rings is 2. The van der Waals surface area contributed by atoms with Crippen LogP contribution >= 0.6 is 22.6 Å². The molecule has 1 amide bonds. The number of nitro benzene ring substituents is 1. The Hall–Kier alpha value is -2.16. The Bertz CT molecular complexity index is 746. The second kappa shape index (κ2) is 6.73. The Morgan fingerprint density at radius 3 is 2.59 bits per heavy atom. The SMILES string of the molecule is COc1ccc([N+](=O)[O-])cc1NC(=O)c1ccc(C)cc1I. The van der Waals surface area contributed by atoms with Gasteiger partial charge in [0.05, 0.1) is 23.3 Å². The van der Waals surface area contributed by atoms with Gasteiger partial charge in [0.2, 0.25) is 0 Å². The number of nitrogens with one attached hydrogen (secondary N) is 1. The van der Waals surface area contributed by atoms with Gasteiger partial charge in [0.15, 0.2) is 0 Å². The number of anilines is 1. The number of methoxy groups -OCH3 is 1. The molecule has 2 rings (SSSR count).